The van der Waals surface area contributed by atoms with E-state index < -0.39 is 43.4 Å². The Hall–Kier alpha value is -1.17. The van der Waals surface area contributed by atoms with Crippen LogP contribution in [-0.2, 0) is 4.74 Å². The van der Waals surface area contributed by atoms with E-state index in [1.54, 1.807) is 24.3 Å². The van der Waals surface area contributed by atoms with Crippen molar-refractivity contribution in [3.8, 4) is 11.5 Å². The molecule has 10 heteroatoms. The summed E-state index contributed by atoms with van der Waals surface area (Å²) in [5.74, 6) is 0.869. The summed E-state index contributed by atoms with van der Waals surface area (Å²) in [6.07, 6.45) is -7.31. The van der Waals surface area contributed by atoms with Crippen LogP contribution < -0.4 is 14.8 Å². The maximum atomic E-state index is 9.97. The van der Waals surface area contributed by atoms with Gasteiger partial charge in [-0.3, -0.25) is 0 Å². The van der Waals surface area contributed by atoms with Crippen LogP contribution in [0.15, 0.2) is 24.3 Å². The lowest BCUT2D eigenvalue weighted by Gasteiger charge is -2.39. The molecule has 1 aliphatic heterocycles. The van der Waals surface area contributed by atoms with Gasteiger partial charge in [0.05, 0.1) is 6.61 Å². The van der Waals surface area contributed by atoms with Crippen molar-refractivity contribution >= 4 is 12.4 Å². The molecule has 0 bridgehead atoms. The fourth-order valence-corrected chi connectivity index (χ4v) is 2.54. The molecule has 162 valence electrons. The third-order valence-corrected chi connectivity index (χ3v) is 4.13. The van der Waals surface area contributed by atoms with E-state index in [-0.39, 0.29) is 25.1 Å². The molecule has 9 nitrogen and oxygen atoms in total. The van der Waals surface area contributed by atoms with Crippen LogP contribution in [0.1, 0.15) is 13.8 Å². The van der Waals surface area contributed by atoms with Crippen LogP contribution in [0.25, 0.3) is 0 Å². The lowest BCUT2D eigenvalue weighted by Crippen LogP contribution is -2.60. The van der Waals surface area contributed by atoms with Gasteiger partial charge in [-0.1, -0.05) is 13.8 Å². The second-order valence-electron chi connectivity index (χ2n) is 6.81. The van der Waals surface area contributed by atoms with Gasteiger partial charge < -0.3 is 45.1 Å². The monoisotopic (exact) mass is 423 g/mol. The molecule has 0 amide bonds. The predicted molar refractivity (Wildman–Crippen MR) is 103 cm³/mol. The zero-order valence-electron chi connectivity index (χ0n) is 15.8. The number of aliphatic hydroxyl groups is 5. The number of halogens is 1. The number of hydrogen-bond acceptors (Lipinski definition) is 9. The van der Waals surface area contributed by atoms with Gasteiger partial charge in [0.1, 0.15) is 48.6 Å². The maximum Gasteiger partial charge on any atom is 0.229 e. The van der Waals surface area contributed by atoms with Gasteiger partial charge in [0.2, 0.25) is 6.29 Å². The standard InChI is InChI=1S/C18H29NO8.ClH/c1-10(2)19-7-11(21)9-25-12-3-5-13(6-4-12)26-18-17(24)16(23)15(22)14(8-20)27-18;/h3-6,10-11,14-24H,7-9H2,1-2H3;1H/t11-,14+,15+,16-,17+,18-;/m0./s1. The first-order chi connectivity index (χ1) is 12.8. The van der Waals surface area contributed by atoms with Crippen LogP contribution in [0, 0.1) is 0 Å². The number of aliphatic hydroxyl groups excluding tert-OH is 5. The van der Waals surface area contributed by atoms with E-state index in [0.717, 1.165) is 0 Å². The highest BCUT2D eigenvalue weighted by Gasteiger charge is 2.44. The van der Waals surface area contributed by atoms with Crippen LogP contribution in [0.4, 0.5) is 0 Å². The Kier molecular flexibility index (Phi) is 10.4. The first-order valence-electron chi connectivity index (χ1n) is 8.93. The molecule has 28 heavy (non-hydrogen) atoms. The summed E-state index contributed by atoms with van der Waals surface area (Å²) < 4.78 is 16.3. The van der Waals surface area contributed by atoms with E-state index in [9.17, 15) is 25.5 Å². The van der Waals surface area contributed by atoms with Crippen LogP contribution in [-0.4, -0.2) is 88.1 Å². The van der Waals surface area contributed by atoms with Gasteiger partial charge in [0.25, 0.3) is 0 Å². The second-order valence-corrected chi connectivity index (χ2v) is 6.81. The van der Waals surface area contributed by atoms with Crippen molar-refractivity contribution < 1.29 is 39.7 Å². The second kappa shape index (κ2) is 11.7. The molecule has 6 atom stereocenters. The quantitative estimate of drug-likeness (QED) is 0.295. The fourth-order valence-electron chi connectivity index (χ4n) is 2.54. The van der Waals surface area contributed by atoms with E-state index in [2.05, 4.69) is 5.32 Å². The largest absolute Gasteiger partial charge is 0.491 e. The van der Waals surface area contributed by atoms with Crippen molar-refractivity contribution in [3.63, 3.8) is 0 Å². The molecular weight excluding hydrogens is 394 g/mol. The Labute approximate surface area is 170 Å². The summed E-state index contributed by atoms with van der Waals surface area (Å²) >= 11 is 0. The normalized spacial score (nSPS) is 28.5. The van der Waals surface area contributed by atoms with Gasteiger partial charge in [-0.15, -0.1) is 12.4 Å². The highest BCUT2D eigenvalue weighted by Crippen LogP contribution is 2.25. The highest BCUT2D eigenvalue weighted by atomic mass is 35.5. The molecule has 0 spiro atoms. The zero-order chi connectivity index (χ0) is 20.0. The predicted octanol–water partition coefficient (Wildman–Crippen LogP) is -0.975. The summed E-state index contributed by atoms with van der Waals surface area (Å²) in [5, 5.41) is 51.6. The molecule has 1 fully saturated rings. The van der Waals surface area contributed by atoms with Crippen LogP contribution in [0.3, 0.4) is 0 Å². The SMILES string of the molecule is CC(C)NC[C@H](O)COc1ccc(O[C@H]2O[C@H](CO)[C@@H](O)[C@H](O)[C@H]2O)cc1.Cl. The van der Waals surface area contributed by atoms with Crippen molar-refractivity contribution in [2.45, 2.75) is 56.7 Å². The number of rotatable bonds is 9. The minimum Gasteiger partial charge on any atom is -0.491 e. The summed E-state index contributed by atoms with van der Waals surface area (Å²) in [5.41, 5.74) is 0. The third-order valence-electron chi connectivity index (χ3n) is 4.13. The maximum absolute atomic E-state index is 9.97. The number of nitrogens with one attached hydrogen (secondary N) is 1. The average Bonchev–Trinajstić information content (AvgIpc) is 2.66. The summed E-state index contributed by atoms with van der Waals surface area (Å²) in [4.78, 5) is 0. The van der Waals surface area contributed by atoms with E-state index in [1.807, 2.05) is 13.8 Å². The minimum atomic E-state index is -1.50. The molecular formula is C18H30ClNO8. The van der Waals surface area contributed by atoms with Crippen LogP contribution >= 0.6 is 12.4 Å². The molecule has 1 aromatic carbocycles. The average molecular weight is 424 g/mol. The van der Waals surface area contributed by atoms with Gasteiger partial charge in [-0.25, -0.2) is 0 Å². The van der Waals surface area contributed by atoms with Crippen molar-refractivity contribution in [2.24, 2.45) is 0 Å². The van der Waals surface area contributed by atoms with Gasteiger partial charge in [0.15, 0.2) is 0 Å². The molecule has 0 aliphatic carbocycles. The lowest BCUT2D eigenvalue weighted by atomic mass is 9.99. The van der Waals surface area contributed by atoms with Gasteiger partial charge in [-0.2, -0.15) is 0 Å². The first-order valence-corrected chi connectivity index (χ1v) is 8.93. The zero-order valence-corrected chi connectivity index (χ0v) is 16.7. The van der Waals surface area contributed by atoms with Crippen LogP contribution in [0.5, 0.6) is 11.5 Å². The van der Waals surface area contributed by atoms with E-state index in [4.69, 9.17) is 14.2 Å². The Morgan fingerprint density at radius 1 is 1.04 bits per heavy atom. The molecule has 0 aromatic heterocycles. The fraction of sp³-hybridized carbons (Fsp3) is 0.667. The van der Waals surface area contributed by atoms with E-state index >= 15 is 0 Å². The molecule has 6 N–H and O–H groups in total. The molecule has 1 heterocycles. The Morgan fingerprint density at radius 2 is 1.64 bits per heavy atom. The Bertz CT molecular complexity index is 559. The number of ether oxygens (including phenoxy) is 3. The number of hydrogen-bond donors (Lipinski definition) is 6. The summed E-state index contributed by atoms with van der Waals surface area (Å²) in [6, 6.07) is 6.69. The van der Waals surface area contributed by atoms with Gasteiger partial charge >= 0.3 is 0 Å². The highest BCUT2D eigenvalue weighted by molar-refractivity contribution is 5.85. The Morgan fingerprint density at radius 3 is 2.21 bits per heavy atom. The minimum absolute atomic E-state index is 0. The molecule has 0 unspecified atom stereocenters. The van der Waals surface area contributed by atoms with Crippen molar-refractivity contribution in [3.05, 3.63) is 24.3 Å². The molecule has 0 radical (unpaired) electrons. The van der Waals surface area contributed by atoms with Crippen molar-refractivity contribution in [1.29, 1.82) is 0 Å². The molecule has 1 aromatic rings. The van der Waals surface area contributed by atoms with Gasteiger partial charge in [-0.05, 0) is 24.3 Å². The Balaban J connectivity index is 0.00000392. The van der Waals surface area contributed by atoms with E-state index in [0.29, 0.717) is 18.0 Å². The number of benzene rings is 1. The van der Waals surface area contributed by atoms with Crippen molar-refractivity contribution in [2.75, 3.05) is 19.8 Å². The lowest BCUT2D eigenvalue weighted by molar-refractivity contribution is -0.277. The van der Waals surface area contributed by atoms with E-state index in [1.165, 1.54) is 0 Å². The third kappa shape index (κ3) is 7.02. The summed E-state index contributed by atoms with van der Waals surface area (Å²) in [7, 11) is 0. The van der Waals surface area contributed by atoms with Gasteiger partial charge in [0, 0.05) is 12.6 Å². The molecule has 0 saturated carbocycles. The molecule has 1 saturated heterocycles. The topological polar surface area (TPSA) is 141 Å². The molecule has 2 rings (SSSR count). The molecule has 1 aliphatic rings. The first kappa shape index (κ1) is 24.9. The van der Waals surface area contributed by atoms with Crippen molar-refractivity contribution in [1.82, 2.24) is 5.32 Å². The van der Waals surface area contributed by atoms with Crippen LogP contribution in [0.2, 0.25) is 0 Å². The smallest absolute Gasteiger partial charge is 0.229 e. The summed E-state index contributed by atoms with van der Waals surface area (Å²) in [6.45, 7) is 4.01.